The first kappa shape index (κ1) is 33.0. The number of fused-ring (bicyclic) bond motifs is 2. The fourth-order valence-electron chi connectivity index (χ4n) is 6.72. The highest BCUT2D eigenvalue weighted by atomic mass is 79.9. The molecule has 5 aromatic rings. The minimum atomic E-state index is -1.06. The third-order valence-electron chi connectivity index (χ3n) is 9.42. The molecule has 1 N–H and O–H groups in total. The lowest BCUT2D eigenvalue weighted by molar-refractivity contribution is -0.138. The van der Waals surface area contributed by atoms with Crippen LogP contribution in [0.4, 0.5) is 5.82 Å². The number of aryl methyl sites for hydroxylation is 2. The lowest BCUT2D eigenvalue weighted by Crippen LogP contribution is -2.47. The zero-order valence-corrected chi connectivity index (χ0v) is 30.5. The molecule has 2 amide bonds. The Hall–Kier alpha value is -4.50. The number of pyridine rings is 1. The number of hydrogen-bond donors (Lipinski definition) is 1. The number of halogens is 1. The summed E-state index contributed by atoms with van der Waals surface area (Å²) in [6.45, 7) is 5.56. The Kier molecular flexibility index (Phi) is 8.17. The zero-order chi connectivity index (χ0) is 34.8. The van der Waals surface area contributed by atoms with Crippen molar-refractivity contribution < 1.29 is 14.4 Å². The monoisotopic (exact) mass is 744 g/mol. The number of amides is 2. The van der Waals surface area contributed by atoms with Crippen LogP contribution < -0.4 is 5.32 Å². The second-order valence-corrected chi connectivity index (χ2v) is 18.7. The van der Waals surface area contributed by atoms with E-state index in [-0.39, 0.29) is 41.3 Å². The number of Topliss-reactive ketones (excluding diaryl/α,β-unsaturated/α-hetero) is 1. The Morgan fingerprint density at radius 2 is 1.80 bits per heavy atom. The molecular formula is C34H37BrN10O3S. The van der Waals surface area contributed by atoms with Crippen molar-refractivity contribution in [1.29, 1.82) is 0 Å². The maximum atomic E-state index is 14.3. The SMILES string of the molecule is CC(=O)c1nn(CC(=O)N2[C@H](C(=O)Nc3nc(Br)ccc3C)C[C@@]3(Cn4cc(S(C)(C)C)nn4)C[C@@H]23)c2ccc(-c3cnc(C)nc3)cc12. The number of carbonyl (C=O) groups is 3. The maximum Gasteiger partial charge on any atom is 0.248 e. The molecule has 254 valence electrons. The van der Waals surface area contributed by atoms with Crippen molar-refractivity contribution in [3.05, 3.63) is 70.6 Å². The van der Waals surface area contributed by atoms with Gasteiger partial charge in [0.2, 0.25) is 11.8 Å². The largest absolute Gasteiger partial charge is 0.325 e. The van der Waals surface area contributed by atoms with E-state index < -0.39 is 16.1 Å². The van der Waals surface area contributed by atoms with Gasteiger partial charge in [-0.2, -0.15) is 5.10 Å². The smallest absolute Gasteiger partial charge is 0.248 e. The Balaban J connectivity index is 1.20. The average Bonchev–Trinajstić information content (AvgIpc) is 3.35. The van der Waals surface area contributed by atoms with Crippen LogP contribution in [0, 0.1) is 19.3 Å². The first-order valence-corrected chi connectivity index (χ1v) is 19.5. The summed E-state index contributed by atoms with van der Waals surface area (Å²) in [5, 5.41) is 18.0. The van der Waals surface area contributed by atoms with Crippen molar-refractivity contribution in [3.63, 3.8) is 0 Å². The van der Waals surface area contributed by atoms with Gasteiger partial charge in [0.1, 0.15) is 39.6 Å². The number of hydrogen-bond acceptors (Lipinski definition) is 9. The Bertz CT molecular complexity index is 2140. The standard InChI is InChI=1S/C34H37BrN10O3S/c1-19-7-10-28(35)38-32(19)39-33(48)26-12-34(18-43-16-29(40-42-43)49(4,5)6)13-27(34)45(26)30(47)17-44-25-9-8-22(23-14-36-21(3)37-15-23)11-24(25)31(41-44)20(2)46/h7-11,14-16,26-27H,12-13,17-18H2,1-6H3,(H,38,39,48)/t26-,27+,34-/m0/s1. The molecule has 1 saturated carbocycles. The van der Waals surface area contributed by atoms with Crippen molar-refractivity contribution in [2.45, 2.75) is 63.8 Å². The van der Waals surface area contributed by atoms with Crippen LogP contribution in [0.1, 0.15) is 41.6 Å². The van der Waals surface area contributed by atoms with Gasteiger partial charge in [-0.25, -0.2) is 25.0 Å². The van der Waals surface area contributed by atoms with Crippen LogP contribution in [0.3, 0.4) is 0 Å². The van der Waals surface area contributed by atoms with Gasteiger partial charge < -0.3 is 10.2 Å². The van der Waals surface area contributed by atoms with E-state index in [2.05, 4.69) is 70.4 Å². The highest BCUT2D eigenvalue weighted by Gasteiger charge is 2.67. The second-order valence-electron chi connectivity index (χ2n) is 13.8. The summed E-state index contributed by atoms with van der Waals surface area (Å²) in [6.07, 6.45) is 13.2. The molecule has 0 bridgehead atoms. The molecule has 0 unspecified atom stereocenters. The number of piperidine rings is 1. The summed E-state index contributed by atoms with van der Waals surface area (Å²) in [4.78, 5) is 55.8. The molecule has 7 rings (SSSR count). The fourth-order valence-corrected chi connectivity index (χ4v) is 7.75. The summed E-state index contributed by atoms with van der Waals surface area (Å²) in [7, 11) is -1.06. The number of rotatable bonds is 9. The first-order chi connectivity index (χ1) is 23.2. The number of nitrogens with one attached hydrogen (secondary N) is 1. The van der Waals surface area contributed by atoms with E-state index in [1.807, 2.05) is 55.1 Å². The molecule has 1 saturated heterocycles. The van der Waals surface area contributed by atoms with E-state index in [4.69, 9.17) is 0 Å². The average molecular weight is 746 g/mol. The molecule has 15 heteroatoms. The van der Waals surface area contributed by atoms with E-state index in [0.29, 0.717) is 40.1 Å². The summed E-state index contributed by atoms with van der Waals surface area (Å²) in [6, 6.07) is 8.43. The van der Waals surface area contributed by atoms with Gasteiger partial charge in [-0.05, 0) is 90.7 Å². The zero-order valence-electron chi connectivity index (χ0n) is 28.1. The van der Waals surface area contributed by atoms with Crippen LogP contribution in [-0.2, 0) is 22.7 Å². The molecule has 4 aromatic heterocycles. The number of ketones is 1. The minimum Gasteiger partial charge on any atom is -0.325 e. The molecular weight excluding hydrogens is 708 g/mol. The molecule has 13 nitrogen and oxygen atoms in total. The van der Waals surface area contributed by atoms with Crippen molar-refractivity contribution >= 4 is 60.3 Å². The van der Waals surface area contributed by atoms with E-state index in [1.54, 1.807) is 22.0 Å². The van der Waals surface area contributed by atoms with Crippen LogP contribution in [0.25, 0.3) is 22.0 Å². The van der Waals surface area contributed by atoms with E-state index in [1.165, 1.54) is 6.92 Å². The molecule has 49 heavy (non-hydrogen) atoms. The van der Waals surface area contributed by atoms with Gasteiger partial charge in [-0.1, -0.05) is 17.3 Å². The Morgan fingerprint density at radius 1 is 1.04 bits per heavy atom. The molecule has 2 fully saturated rings. The maximum absolute atomic E-state index is 14.3. The van der Waals surface area contributed by atoms with Crippen LogP contribution >= 0.6 is 26.0 Å². The molecule has 1 aliphatic carbocycles. The summed E-state index contributed by atoms with van der Waals surface area (Å²) >= 11 is 3.39. The number of aromatic nitrogens is 8. The number of nitrogens with zero attached hydrogens (tertiary/aromatic N) is 9. The predicted octanol–water partition coefficient (Wildman–Crippen LogP) is 4.81. The molecule has 2 aliphatic rings. The van der Waals surface area contributed by atoms with Crippen molar-refractivity contribution in [2.24, 2.45) is 5.41 Å². The summed E-state index contributed by atoms with van der Waals surface area (Å²) < 4.78 is 4.02. The second kappa shape index (κ2) is 12.1. The minimum absolute atomic E-state index is 0.137. The predicted molar refractivity (Wildman–Crippen MR) is 191 cm³/mol. The highest BCUT2D eigenvalue weighted by molar-refractivity contribution is 9.10. The molecule has 0 radical (unpaired) electrons. The number of likely N-dealkylation sites (tertiary alicyclic amines) is 1. The highest BCUT2D eigenvalue weighted by Crippen LogP contribution is 2.61. The number of anilines is 1. The van der Waals surface area contributed by atoms with Gasteiger partial charge >= 0.3 is 0 Å². The summed E-state index contributed by atoms with van der Waals surface area (Å²) in [5.74, 6) is 0.335. The quantitative estimate of drug-likeness (QED) is 0.165. The normalized spacial score (nSPS) is 20.3. The van der Waals surface area contributed by atoms with Gasteiger partial charge in [0.25, 0.3) is 0 Å². The molecule has 3 atom stereocenters. The fraction of sp³-hybridized carbons (Fsp3) is 0.382. The van der Waals surface area contributed by atoms with Crippen molar-refractivity contribution in [1.82, 2.24) is 44.6 Å². The van der Waals surface area contributed by atoms with Crippen molar-refractivity contribution in [2.75, 3.05) is 24.1 Å². The van der Waals surface area contributed by atoms with Crippen LogP contribution in [0.15, 0.2) is 58.6 Å². The van der Waals surface area contributed by atoms with Crippen LogP contribution in [0.5, 0.6) is 0 Å². The third-order valence-corrected chi connectivity index (χ3v) is 11.3. The van der Waals surface area contributed by atoms with E-state index >= 15 is 0 Å². The molecule has 0 spiro atoms. The third kappa shape index (κ3) is 6.25. The van der Waals surface area contributed by atoms with Gasteiger partial charge in [0, 0.05) is 41.7 Å². The van der Waals surface area contributed by atoms with Gasteiger partial charge in [0.05, 0.1) is 18.3 Å². The van der Waals surface area contributed by atoms with E-state index in [0.717, 1.165) is 28.1 Å². The number of carbonyl (C=O) groups excluding carboxylic acids is 3. The first-order valence-electron chi connectivity index (χ1n) is 15.9. The topological polar surface area (TPSA) is 154 Å². The lowest BCUT2D eigenvalue weighted by atomic mass is 9.99. The van der Waals surface area contributed by atoms with Gasteiger partial charge in [-0.3, -0.25) is 23.7 Å². The number of benzene rings is 1. The van der Waals surface area contributed by atoms with E-state index in [9.17, 15) is 14.4 Å². The molecule has 5 heterocycles. The molecule has 1 aromatic carbocycles. The van der Waals surface area contributed by atoms with Gasteiger partial charge in [-0.15, -0.1) is 5.10 Å². The van der Waals surface area contributed by atoms with Crippen molar-refractivity contribution in [3.8, 4) is 11.1 Å². The van der Waals surface area contributed by atoms with Crippen LogP contribution in [0.2, 0.25) is 0 Å². The Morgan fingerprint density at radius 3 is 2.49 bits per heavy atom. The summed E-state index contributed by atoms with van der Waals surface area (Å²) in [5.41, 5.74) is 3.04. The molecule has 1 aliphatic heterocycles. The van der Waals surface area contributed by atoms with Crippen LogP contribution in [-0.4, -0.2) is 93.1 Å². The Labute approximate surface area is 293 Å². The lowest BCUT2D eigenvalue weighted by Gasteiger charge is -2.27. The van der Waals surface area contributed by atoms with Gasteiger partial charge in [0.15, 0.2) is 5.78 Å².